The number of thiazole rings is 1. The van der Waals surface area contributed by atoms with Gasteiger partial charge in [-0.3, -0.25) is 4.90 Å². The second kappa shape index (κ2) is 6.98. The minimum Gasteiger partial charge on any atom is -0.444 e. The predicted molar refractivity (Wildman–Crippen MR) is 95.2 cm³/mol. The normalized spacial score (nSPS) is 25.2. The summed E-state index contributed by atoms with van der Waals surface area (Å²) in [6, 6.07) is -0.152. The predicted octanol–water partition coefficient (Wildman–Crippen LogP) is 2.64. The van der Waals surface area contributed by atoms with Gasteiger partial charge in [-0.2, -0.15) is 0 Å². The fraction of sp³-hybridized carbons (Fsp3) is 0.765. The highest BCUT2D eigenvalue weighted by atomic mass is 32.1. The lowest BCUT2D eigenvalue weighted by molar-refractivity contribution is -0.0785. The largest absolute Gasteiger partial charge is 0.444 e. The Hall–Kier alpha value is -1.18. The number of aliphatic hydroxyl groups is 1. The zero-order valence-corrected chi connectivity index (χ0v) is 16.3. The first-order valence-electron chi connectivity index (χ1n) is 8.30. The van der Waals surface area contributed by atoms with Crippen LogP contribution >= 0.6 is 11.3 Å². The molecule has 2 rings (SSSR count). The monoisotopic (exact) mass is 355 g/mol. The SMILES string of the molecule is Cc1ncc(CN(C)[C@@H]2CN(C(=O)OC(C)(C)C)CC[C@]2(C)O)s1. The molecular weight excluding hydrogens is 326 g/mol. The number of piperidine rings is 1. The number of carbonyl (C=O) groups is 1. The average molecular weight is 356 g/mol. The van der Waals surface area contributed by atoms with Crippen LogP contribution in [0.1, 0.15) is 44.0 Å². The van der Waals surface area contributed by atoms with Crippen molar-refractivity contribution in [3.05, 3.63) is 16.1 Å². The van der Waals surface area contributed by atoms with Crippen LogP contribution in [0.15, 0.2) is 6.20 Å². The Bertz CT molecular complexity index is 580. The van der Waals surface area contributed by atoms with Crippen LogP contribution in [0.5, 0.6) is 0 Å². The van der Waals surface area contributed by atoms with Gasteiger partial charge in [0.05, 0.1) is 16.7 Å². The quantitative estimate of drug-likeness (QED) is 0.903. The van der Waals surface area contributed by atoms with E-state index < -0.39 is 11.2 Å². The smallest absolute Gasteiger partial charge is 0.410 e. The van der Waals surface area contributed by atoms with E-state index in [9.17, 15) is 9.90 Å². The van der Waals surface area contributed by atoms with Gasteiger partial charge >= 0.3 is 6.09 Å². The standard InChI is InChI=1S/C17H29N3O3S/c1-12-18-9-13(24-12)10-19(6)14-11-20(8-7-17(14,5)22)15(21)23-16(2,3)4/h9,14,22H,7-8,10-11H2,1-6H3/t14-,17+/m1/s1. The van der Waals surface area contributed by atoms with Crippen molar-refractivity contribution in [3.8, 4) is 0 Å². The molecule has 0 radical (unpaired) electrons. The van der Waals surface area contributed by atoms with E-state index in [0.717, 1.165) is 9.88 Å². The third-order valence-electron chi connectivity index (χ3n) is 4.26. The Morgan fingerprint density at radius 2 is 2.25 bits per heavy atom. The van der Waals surface area contributed by atoms with Gasteiger partial charge in [0.15, 0.2) is 0 Å². The first-order valence-corrected chi connectivity index (χ1v) is 9.11. The maximum Gasteiger partial charge on any atom is 0.410 e. The van der Waals surface area contributed by atoms with Crippen molar-refractivity contribution in [3.63, 3.8) is 0 Å². The van der Waals surface area contributed by atoms with Gasteiger partial charge in [0, 0.05) is 30.7 Å². The van der Waals surface area contributed by atoms with Crippen LogP contribution in [-0.4, -0.2) is 63.4 Å². The Morgan fingerprint density at radius 3 is 2.79 bits per heavy atom. The van der Waals surface area contributed by atoms with Gasteiger partial charge in [-0.1, -0.05) is 0 Å². The molecule has 1 N–H and O–H groups in total. The number of likely N-dealkylation sites (N-methyl/N-ethyl adjacent to an activating group) is 1. The average Bonchev–Trinajstić information content (AvgIpc) is 2.81. The third-order valence-corrected chi connectivity index (χ3v) is 5.15. The van der Waals surface area contributed by atoms with Crippen molar-refractivity contribution in [1.29, 1.82) is 0 Å². The number of rotatable bonds is 3. The van der Waals surface area contributed by atoms with E-state index in [1.165, 1.54) is 0 Å². The summed E-state index contributed by atoms with van der Waals surface area (Å²) in [4.78, 5) is 21.6. The first kappa shape index (κ1) is 19.1. The van der Waals surface area contributed by atoms with E-state index in [4.69, 9.17) is 4.74 Å². The summed E-state index contributed by atoms with van der Waals surface area (Å²) < 4.78 is 5.47. The molecule has 0 aliphatic carbocycles. The van der Waals surface area contributed by atoms with Crippen LogP contribution < -0.4 is 0 Å². The number of hydrogen-bond acceptors (Lipinski definition) is 6. The van der Waals surface area contributed by atoms with E-state index in [2.05, 4.69) is 9.88 Å². The lowest BCUT2D eigenvalue weighted by Gasteiger charge is -2.46. The Morgan fingerprint density at radius 1 is 1.58 bits per heavy atom. The molecule has 1 aliphatic rings. The topological polar surface area (TPSA) is 65.9 Å². The molecule has 0 bridgehead atoms. The molecule has 0 saturated carbocycles. The fourth-order valence-electron chi connectivity index (χ4n) is 2.97. The lowest BCUT2D eigenvalue weighted by Crippen LogP contribution is -2.61. The molecule has 1 amide bonds. The molecule has 1 aromatic rings. The summed E-state index contributed by atoms with van der Waals surface area (Å²) in [5, 5.41) is 11.8. The van der Waals surface area contributed by atoms with Crippen LogP contribution in [0.25, 0.3) is 0 Å². The maximum atomic E-state index is 12.4. The summed E-state index contributed by atoms with van der Waals surface area (Å²) in [7, 11) is 1.98. The highest BCUT2D eigenvalue weighted by Crippen LogP contribution is 2.28. The van der Waals surface area contributed by atoms with Gasteiger partial charge in [0.2, 0.25) is 0 Å². The first-order chi connectivity index (χ1) is 11.0. The molecule has 1 aliphatic heterocycles. The number of hydrogen-bond donors (Lipinski definition) is 1. The third kappa shape index (κ3) is 4.91. The van der Waals surface area contributed by atoms with Crippen LogP contribution in [-0.2, 0) is 11.3 Å². The van der Waals surface area contributed by atoms with E-state index in [1.54, 1.807) is 16.2 Å². The van der Waals surface area contributed by atoms with Crippen molar-refractivity contribution in [2.45, 2.75) is 64.8 Å². The molecular formula is C17H29N3O3S. The van der Waals surface area contributed by atoms with Gasteiger partial charge in [0.25, 0.3) is 0 Å². The molecule has 1 fully saturated rings. The molecule has 7 heteroatoms. The van der Waals surface area contributed by atoms with Crippen LogP contribution in [0.3, 0.4) is 0 Å². The summed E-state index contributed by atoms with van der Waals surface area (Å²) >= 11 is 1.66. The number of nitrogens with zero attached hydrogens (tertiary/aromatic N) is 3. The number of carbonyl (C=O) groups excluding carboxylic acids is 1. The van der Waals surface area contributed by atoms with Crippen molar-refractivity contribution >= 4 is 17.4 Å². The Balaban J connectivity index is 2.06. The highest BCUT2D eigenvalue weighted by Gasteiger charge is 2.42. The van der Waals surface area contributed by atoms with Crippen LogP contribution in [0, 0.1) is 6.92 Å². The molecule has 136 valence electrons. The number of aromatic nitrogens is 1. The van der Waals surface area contributed by atoms with E-state index in [1.807, 2.05) is 47.9 Å². The highest BCUT2D eigenvalue weighted by molar-refractivity contribution is 7.11. The summed E-state index contributed by atoms with van der Waals surface area (Å²) in [6.45, 7) is 11.1. The van der Waals surface area contributed by atoms with E-state index in [-0.39, 0.29) is 12.1 Å². The fourth-order valence-corrected chi connectivity index (χ4v) is 3.82. The summed E-state index contributed by atoms with van der Waals surface area (Å²) in [6.07, 6.45) is 2.09. The summed E-state index contributed by atoms with van der Waals surface area (Å²) in [5.41, 5.74) is -1.36. The number of aryl methyl sites for hydroxylation is 1. The molecule has 6 nitrogen and oxygen atoms in total. The van der Waals surface area contributed by atoms with Crippen molar-refractivity contribution in [2.75, 3.05) is 20.1 Å². The zero-order chi connectivity index (χ0) is 18.1. The molecule has 24 heavy (non-hydrogen) atoms. The number of likely N-dealkylation sites (tertiary alicyclic amines) is 1. The molecule has 0 spiro atoms. The molecule has 2 heterocycles. The summed E-state index contributed by atoms with van der Waals surface area (Å²) in [5.74, 6) is 0. The Labute approximate surface area is 148 Å². The van der Waals surface area contributed by atoms with Crippen LogP contribution in [0.4, 0.5) is 4.79 Å². The second-order valence-corrected chi connectivity index (χ2v) is 9.13. The zero-order valence-electron chi connectivity index (χ0n) is 15.5. The van der Waals surface area contributed by atoms with Gasteiger partial charge in [-0.05, 0) is 48.1 Å². The van der Waals surface area contributed by atoms with E-state index in [0.29, 0.717) is 26.1 Å². The van der Waals surface area contributed by atoms with Gasteiger partial charge in [-0.25, -0.2) is 9.78 Å². The van der Waals surface area contributed by atoms with Gasteiger partial charge in [-0.15, -0.1) is 11.3 Å². The van der Waals surface area contributed by atoms with Gasteiger partial charge < -0.3 is 14.7 Å². The Kier molecular flexibility index (Phi) is 5.57. The number of amides is 1. The van der Waals surface area contributed by atoms with E-state index >= 15 is 0 Å². The number of ether oxygens (including phenoxy) is 1. The van der Waals surface area contributed by atoms with Crippen molar-refractivity contribution in [1.82, 2.24) is 14.8 Å². The molecule has 1 saturated heterocycles. The molecule has 1 aromatic heterocycles. The van der Waals surface area contributed by atoms with Crippen molar-refractivity contribution in [2.24, 2.45) is 0 Å². The van der Waals surface area contributed by atoms with Crippen molar-refractivity contribution < 1.29 is 14.6 Å². The maximum absolute atomic E-state index is 12.4. The van der Waals surface area contributed by atoms with Crippen LogP contribution in [0.2, 0.25) is 0 Å². The molecule has 0 aromatic carbocycles. The second-order valence-electron chi connectivity index (χ2n) is 7.81. The minimum absolute atomic E-state index is 0.152. The molecule has 2 atom stereocenters. The van der Waals surface area contributed by atoms with Gasteiger partial charge in [0.1, 0.15) is 5.60 Å². The lowest BCUT2D eigenvalue weighted by atomic mass is 9.87. The minimum atomic E-state index is -0.840. The molecule has 0 unspecified atom stereocenters.